The van der Waals surface area contributed by atoms with Crippen molar-refractivity contribution in [2.75, 3.05) is 44.6 Å². The molecule has 0 bridgehead atoms. The van der Waals surface area contributed by atoms with Gasteiger partial charge in [0, 0.05) is 26.6 Å². The molecular formula is C17H21FN4O2. The van der Waals surface area contributed by atoms with Gasteiger partial charge in [0.25, 0.3) is 0 Å². The molecule has 0 amide bonds. The van der Waals surface area contributed by atoms with Crippen LogP contribution in [0.15, 0.2) is 24.4 Å². The Kier molecular flexibility index (Phi) is 4.69. The van der Waals surface area contributed by atoms with E-state index in [9.17, 15) is 4.39 Å². The van der Waals surface area contributed by atoms with Gasteiger partial charge >= 0.3 is 0 Å². The van der Waals surface area contributed by atoms with Crippen molar-refractivity contribution in [2.24, 2.45) is 5.92 Å². The average molecular weight is 332 g/mol. The van der Waals surface area contributed by atoms with Gasteiger partial charge in [-0.3, -0.25) is 0 Å². The van der Waals surface area contributed by atoms with E-state index in [1.54, 1.807) is 26.1 Å². The number of anilines is 2. The molecular weight excluding hydrogens is 311 g/mol. The molecule has 3 rings (SSSR count). The van der Waals surface area contributed by atoms with Gasteiger partial charge in [-0.25, -0.2) is 9.37 Å². The highest BCUT2D eigenvalue weighted by Gasteiger charge is 2.22. The highest BCUT2D eigenvalue weighted by molar-refractivity contribution is 5.48. The van der Waals surface area contributed by atoms with Crippen LogP contribution in [0.25, 0.3) is 0 Å². The standard InChI is InChI=1S/C17H21FN4O2/c1-22(2)16-13(18)9-20-17(21-16)19-8-11-7-12-5-4-6-14(23-3)15(12)24-10-11/h4-6,9,11H,7-8,10H2,1-3H3,(H,19,20,21)/t11-/m1/s1. The molecule has 2 aromatic rings. The zero-order valence-electron chi connectivity index (χ0n) is 14.0. The maximum Gasteiger partial charge on any atom is 0.224 e. The Hall–Kier alpha value is -2.57. The van der Waals surface area contributed by atoms with Gasteiger partial charge in [-0.2, -0.15) is 4.98 Å². The molecule has 2 heterocycles. The Balaban J connectivity index is 1.65. The third-order valence-corrected chi connectivity index (χ3v) is 3.95. The molecule has 6 nitrogen and oxygen atoms in total. The second-order valence-electron chi connectivity index (χ2n) is 5.97. The van der Waals surface area contributed by atoms with Gasteiger partial charge in [0.1, 0.15) is 0 Å². The highest BCUT2D eigenvalue weighted by atomic mass is 19.1. The summed E-state index contributed by atoms with van der Waals surface area (Å²) in [4.78, 5) is 9.81. The minimum Gasteiger partial charge on any atom is -0.493 e. The van der Waals surface area contributed by atoms with E-state index in [-0.39, 0.29) is 11.7 Å². The first-order chi connectivity index (χ1) is 11.6. The summed E-state index contributed by atoms with van der Waals surface area (Å²) in [5, 5.41) is 3.17. The monoisotopic (exact) mass is 332 g/mol. The molecule has 1 aromatic heterocycles. The summed E-state index contributed by atoms with van der Waals surface area (Å²) >= 11 is 0. The maximum absolute atomic E-state index is 13.6. The van der Waals surface area contributed by atoms with Crippen LogP contribution in [0.3, 0.4) is 0 Å². The number of halogens is 1. The first-order valence-electron chi connectivity index (χ1n) is 7.81. The highest BCUT2D eigenvalue weighted by Crippen LogP contribution is 2.35. The summed E-state index contributed by atoms with van der Waals surface area (Å²) in [7, 11) is 5.13. The second-order valence-corrected chi connectivity index (χ2v) is 5.97. The molecule has 0 fully saturated rings. The minimum absolute atomic E-state index is 0.266. The second kappa shape index (κ2) is 6.90. The van der Waals surface area contributed by atoms with Crippen molar-refractivity contribution in [3.8, 4) is 11.5 Å². The van der Waals surface area contributed by atoms with Crippen LogP contribution in [0, 0.1) is 11.7 Å². The number of hydrogen-bond acceptors (Lipinski definition) is 6. The quantitative estimate of drug-likeness (QED) is 0.907. The van der Waals surface area contributed by atoms with Crippen LogP contribution in [0.4, 0.5) is 16.2 Å². The third kappa shape index (κ3) is 3.34. The number of para-hydroxylation sites is 1. The lowest BCUT2D eigenvalue weighted by Crippen LogP contribution is -2.28. The number of nitrogens with one attached hydrogen (secondary N) is 1. The summed E-state index contributed by atoms with van der Waals surface area (Å²) in [6.45, 7) is 1.23. The summed E-state index contributed by atoms with van der Waals surface area (Å²) in [6.07, 6.45) is 2.06. The zero-order valence-corrected chi connectivity index (χ0v) is 14.0. The van der Waals surface area contributed by atoms with Crippen LogP contribution >= 0.6 is 0 Å². The van der Waals surface area contributed by atoms with E-state index in [0.29, 0.717) is 19.1 Å². The fourth-order valence-electron chi connectivity index (χ4n) is 2.74. The smallest absolute Gasteiger partial charge is 0.224 e. The minimum atomic E-state index is -0.437. The summed E-state index contributed by atoms with van der Waals surface area (Å²) in [5.74, 6) is 2.10. The molecule has 24 heavy (non-hydrogen) atoms. The van der Waals surface area contributed by atoms with Crippen LogP contribution < -0.4 is 19.7 Å². The molecule has 1 aromatic carbocycles. The van der Waals surface area contributed by atoms with E-state index >= 15 is 0 Å². The van der Waals surface area contributed by atoms with Gasteiger partial charge in [0.15, 0.2) is 23.1 Å². The van der Waals surface area contributed by atoms with Crippen molar-refractivity contribution >= 4 is 11.8 Å². The van der Waals surface area contributed by atoms with Crippen molar-refractivity contribution in [1.82, 2.24) is 9.97 Å². The number of fused-ring (bicyclic) bond motifs is 1. The lowest BCUT2D eigenvalue weighted by molar-refractivity contribution is 0.218. The number of benzene rings is 1. The van der Waals surface area contributed by atoms with Gasteiger partial charge in [-0.05, 0) is 18.1 Å². The van der Waals surface area contributed by atoms with Gasteiger partial charge in [0.05, 0.1) is 19.9 Å². The fourth-order valence-corrected chi connectivity index (χ4v) is 2.74. The molecule has 128 valence electrons. The van der Waals surface area contributed by atoms with Gasteiger partial charge in [-0.1, -0.05) is 12.1 Å². The zero-order chi connectivity index (χ0) is 17.1. The molecule has 1 aliphatic rings. The molecule has 7 heteroatoms. The molecule has 0 aliphatic carbocycles. The number of hydrogen-bond donors (Lipinski definition) is 1. The van der Waals surface area contributed by atoms with Crippen molar-refractivity contribution in [1.29, 1.82) is 0 Å². The van der Waals surface area contributed by atoms with Crippen molar-refractivity contribution in [3.63, 3.8) is 0 Å². The molecule has 0 saturated carbocycles. The number of methoxy groups -OCH3 is 1. The van der Waals surface area contributed by atoms with Crippen LogP contribution in [0.2, 0.25) is 0 Å². The van der Waals surface area contributed by atoms with Crippen LogP contribution in [-0.4, -0.2) is 44.3 Å². The van der Waals surface area contributed by atoms with E-state index < -0.39 is 5.82 Å². The Labute approximate surface area is 140 Å². The third-order valence-electron chi connectivity index (χ3n) is 3.95. The number of nitrogens with zero attached hydrogens (tertiary/aromatic N) is 3. The van der Waals surface area contributed by atoms with E-state index in [2.05, 4.69) is 15.3 Å². The van der Waals surface area contributed by atoms with E-state index in [1.165, 1.54) is 6.20 Å². The Morgan fingerprint density at radius 1 is 1.42 bits per heavy atom. The predicted octanol–water partition coefficient (Wildman–Crippen LogP) is 2.35. The summed E-state index contributed by atoms with van der Waals surface area (Å²) in [6, 6.07) is 5.90. The largest absolute Gasteiger partial charge is 0.493 e. The Morgan fingerprint density at radius 3 is 3.00 bits per heavy atom. The predicted molar refractivity (Wildman–Crippen MR) is 90.5 cm³/mol. The van der Waals surface area contributed by atoms with Crippen molar-refractivity contribution < 1.29 is 13.9 Å². The number of ether oxygens (including phenoxy) is 2. The van der Waals surface area contributed by atoms with E-state index in [4.69, 9.17) is 9.47 Å². The molecule has 1 atom stereocenters. The average Bonchev–Trinajstić information content (AvgIpc) is 2.60. The molecule has 0 radical (unpaired) electrons. The maximum atomic E-state index is 13.6. The first kappa shape index (κ1) is 16.3. The molecule has 0 spiro atoms. The van der Waals surface area contributed by atoms with Crippen molar-refractivity contribution in [2.45, 2.75) is 6.42 Å². The van der Waals surface area contributed by atoms with E-state index in [1.807, 2.05) is 18.2 Å². The number of aromatic nitrogens is 2. The molecule has 0 unspecified atom stereocenters. The van der Waals surface area contributed by atoms with Crippen LogP contribution in [0.5, 0.6) is 11.5 Å². The SMILES string of the molecule is COc1cccc2c1OC[C@@H](CNc1ncc(F)c(N(C)C)n1)C2. The molecule has 0 saturated heterocycles. The first-order valence-corrected chi connectivity index (χ1v) is 7.81. The van der Waals surface area contributed by atoms with Crippen LogP contribution in [0.1, 0.15) is 5.56 Å². The molecule has 1 N–H and O–H groups in total. The molecule has 1 aliphatic heterocycles. The lowest BCUT2D eigenvalue weighted by Gasteiger charge is -2.26. The summed E-state index contributed by atoms with van der Waals surface area (Å²) in [5.41, 5.74) is 1.13. The van der Waals surface area contributed by atoms with Crippen LogP contribution in [-0.2, 0) is 6.42 Å². The van der Waals surface area contributed by atoms with E-state index in [0.717, 1.165) is 23.5 Å². The summed E-state index contributed by atoms with van der Waals surface area (Å²) < 4.78 is 24.8. The van der Waals surface area contributed by atoms with Gasteiger partial charge in [-0.15, -0.1) is 0 Å². The van der Waals surface area contributed by atoms with Gasteiger partial charge in [0.2, 0.25) is 5.95 Å². The van der Waals surface area contributed by atoms with Crippen molar-refractivity contribution in [3.05, 3.63) is 35.8 Å². The Bertz CT molecular complexity index is 724. The van der Waals surface area contributed by atoms with Gasteiger partial charge < -0.3 is 19.7 Å². The normalized spacial score (nSPS) is 16.1. The lowest BCUT2D eigenvalue weighted by atomic mass is 9.96. The topological polar surface area (TPSA) is 59.5 Å². The Morgan fingerprint density at radius 2 is 2.25 bits per heavy atom. The fraction of sp³-hybridized carbons (Fsp3) is 0.412. The number of rotatable bonds is 5.